The quantitative estimate of drug-likeness (QED) is 0.913. The maximum Gasteiger partial charge on any atom is 0.238 e. The van der Waals surface area contributed by atoms with Gasteiger partial charge in [-0.25, -0.2) is 13.6 Å². The third kappa shape index (κ3) is 2.98. The predicted octanol–water partition coefficient (Wildman–Crippen LogP) is 2.04. The second-order valence-electron chi connectivity index (χ2n) is 2.69. The van der Waals surface area contributed by atoms with E-state index in [1.54, 1.807) is 6.92 Å². The summed E-state index contributed by atoms with van der Waals surface area (Å²) >= 11 is 11.6. The molecule has 0 saturated carbocycles. The summed E-state index contributed by atoms with van der Waals surface area (Å²) < 4.78 is 27.2. The zero-order valence-corrected chi connectivity index (χ0v) is 10.2. The molecule has 0 bridgehead atoms. The van der Waals surface area contributed by atoms with Crippen LogP contribution in [-0.2, 0) is 10.0 Å². The minimum atomic E-state index is -3.80. The summed E-state index contributed by atoms with van der Waals surface area (Å²) in [6.07, 6.45) is 0. The molecule has 0 heterocycles. The monoisotopic (exact) mass is 269 g/mol. The van der Waals surface area contributed by atoms with Gasteiger partial charge in [0.1, 0.15) is 0 Å². The fourth-order valence-corrected chi connectivity index (χ4v) is 2.27. The average molecular weight is 270 g/mol. The molecule has 0 spiro atoms. The smallest absolute Gasteiger partial charge is 0.238 e. The van der Waals surface area contributed by atoms with Crippen LogP contribution in [0.1, 0.15) is 6.92 Å². The zero-order valence-electron chi connectivity index (χ0n) is 7.83. The van der Waals surface area contributed by atoms with Gasteiger partial charge in [0, 0.05) is 0 Å². The molecule has 0 unspecified atom stereocenters. The molecular weight excluding hydrogens is 261 g/mol. The van der Waals surface area contributed by atoms with E-state index < -0.39 is 10.0 Å². The predicted molar refractivity (Wildman–Crippen MR) is 59.0 cm³/mol. The van der Waals surface area contributed by atoms with Crippen molar-refractivity contribution in [3.05, 3.63) is 22.2 Å². The molecule has 1 aromatic carbocycles. The molecule has 4 nitrogen and oxygen atoms in total. The molecule has 0 fully saturated rings. The van der Waals surface area contributed by atoms with Crippen LogP contribution in [0.4, 0.5) is 0 Å². The van der Waals surface area contributed by atoms with Crippen molar-refractivity contribution in [2.45, 2.75) is 11.8 Å². The van der Waals surface area contributed by atoms with Crippen LogP contribution in [-0.4, -0.2) is 15.0 Å². The fraction of sp³-hybridized carbons (Fsp3) is 0.250. The van der Waals surface area contributed by atoms with E-state index in [-0.39, 0.29) is 20.7 Å². The Balaban J connectivity index is 3.32. The molecule has 1 aromatic rings. The Hall–Kier alpha value is -0.490. The summed E-state index contributed by atoms with van der Waals surface area (Å²) in [7, 11) is -3.80. The Bertz CT molecular complexity index is 450. The van der Waals surface area contributed by atoms with E-state index in [4.69, 9.17) is 33.1 Å². The van der Waals surface area contributed by atoms with E-state index in [2.05, 4.69) is 0 Å². The van der Waals surface area contributed by atoms with E-state index in [0.29, 0.717) is 6.61 Å². The van der Waals surface area contributed by atoms with Gasteiger partial charge in [-0.15, -0.1) is 0 Å². The highest BCUT2D eigenvalue weighted by Crippen LogP contribution is 2.35. The van der Waals surface area contributed by atoms with Crippen molar-refractivity contribution in [2.75, 3.05) is 6.61 Å². The van der Waals surface area contributed by atoms with E-state index in [1.165, 1.54) is 12.1 Å². The SMILES string of the molecule is CCOc1c(Cl)cc(S(N)(=O)=O)cc1Cl. The van der Waals surface area contributed by atoms with Crippen molar-refractivity contribution in [2.24, 2.45) is 5.14 Å². The molecule has 0 saturated heterocycles. The van der Waals surface area contributed by atoms with Crippen LogP contribution < -0.4 is 9.88 Å². The van der Waals surface area contributed by atoms with Gasteiger partial charge < -0.3 is 4.74 Å². The molecular formula is C8H9Cl2NO3S. The van der Waals surface area contributed by atoms with Gasteiger partial charge in [-0.05, 0) is 19.1 Å². The molecule has 0 aliphatic carbocycles. The van der Waals surface area contributed by atoms with Gasteiger partial charge >= 0.3 is 0 Å². The van der Waals surface area contributed by atoms with Crippen LogP contribution in [0, 0.1) is 0 Å². The topological polar surface area (TPSA) is 69.4 Å². The summed E-state index contributed by atoms with van der Waals surface area (Å²) in [5.74, 6) is 0.258. The van der Waals surface area contributed by atoms with Crippen LogP contribution in [0.3, 0.4) is 0 Å². The third-order valence-corrected chi connectivity index (χ3v) is 3.04. The van der Waals surface area contributed by atoms with Gasteiger partial charge in [0.15, 0.2) is 5.75 Å². The number of benzene rings is 1. The standard InChI is InChI=1S/C8H9Cl2NO3S/c1-2-14-8-6(9)3-5(4-7(8)10)15(11,12)13/h3-4H,2H2,1H3,(H2,11,12,13). The maximum absolute atomic E-state index is 11.0. The number of ether oxygens (including phenoxy) is 1. The molecule has 2 N–H and O–H groups in total. The first kappa shape index (κ1) is 12.6. The molecule has 7 heteroatoms. The second-order valence-corrected chi connectivity index (χ2v) is 5.07. The van der Waals surface area contributed by atoms with Gasteiger partial charge in [0.2, 0.25) is 10.0 Å². The molecule has 0 amide bonds. The molecule has 84 valence electrons. The highest BCUT2D eigenvalue weighted by molar-refractivity contribution is 7.89. The second kappa shape index (κ2) is 4.57. The lowest BCUT2D eigenvalue weighted by Crippen LogP contribution is -2.12. The Kier molecular flexibility index (Phi) is 3.83. The third-order valence-electron chi connectivity index (χ3n) is 1.59. The number of halogens is 2. The normalized spacial score (nSPS) is 11.5. The van der Waals surface area contributed by atoms with Crippen molar-refractivity contribution in [3.63, 3.8) is 0 Å². The molecule has 0 aliphatic rings. The average Bonchev–Trinajstić information content (AvgIpc) is 2.09. The molecule has 0 aromatic heterocycles. The molecule has 0 aliphatic heterocycles. The van der Waals surface area contributed by atoms with E-state index in [9.17, 15) is 8.42 Å². The van der Waals surface area contributed by atoms with Crippen LogP contribution in [0.25, 0.3) is 0 Å². The van der Waals surface area contributed by atoms with Crippen molar-refractivity contribution in [1.82, 2.24) is 0 Å². The van der Waals surface area contributed by atoms with Crippen LogP contribution in [0.5, 0.6) is 5.75 Å². The van der Waals surface area contributed by atoms with Gasteiger partial charge in [0.25, 0.3) is 0 Å². The number of primary sulfonamides is 1. The Morgan fingerprint density at radius 1 is 1.33 bits per heavy atom. The van der Waals surface area contributed by atoms with Crippen molar-refractivity contribution < 1.29 is 13.2 Å². The van der Waals surface area contributed by atoms with Gasteiger partial charge in [-0.3, -0.25) is 0 Å². The van der Waals surface area contributed by atoms with E-state index in [0.717, 1.165) is 0 Å². The lowest BCUT2D eigenvalue weighted by Gasteiger charge is -2.09. The minimum Gasteiger partial charge on any atom is -0.491 e. The summed E-state index contributed by atoms with van der Waals surface area (Å²) in [5.41, 5.74) is 0. The lowest BCUT2D eigenvalue weighted by molar-refractivity contribution is 0.340. The van der Waals surface area contributed by atoms with Crippen LogP contribution >= 0.6 is 23.2 Å². The van der Waals surface area contributed by atoms with E-state index in [1.807, 2.05) is 0 Å². The van der Waals surface area contributed by atoms with Crippen LogP contribution in [0.2, 0.25) is 10.0 Å². The van der Waals surface area contributed by atoms with Gasteiger partial charge in [0.05, 0.1) is 21.5 Å². The number of rotatable bonds is 3. The van der Waals surface area contributed by atoms with Crippen molar-refractivity contribution >= 4 is 33.2 Å². The summed E-state index contributed by atoms with van der Waals surface area (Å²) in [6.45, 7) is 2.15. The van der Waals surface area contributed by atoms with Crippen LogP contribution in [0.15, 0.2) is 17.0 Å². The van der Waals surface area contributed by atoms with E-state index >= 15 is 0 Å². The highest BCUT2D eigenvalue weighted by atomic mass is 35.5. The number of hydrogen-bond acceptors (Lipinski definition) is 3. The molecule has 1 rings (SSSR count). The Labute approximate surface area is 98.0 Å². The maximum atomic E-state index is 11.0. The summed E-state index contributed by atoms with van der Waals surface area (Å²) in [5, 5.41) is 5.17. The van der Waals surface area contributed by atoms with Crippen molar-refractivity contribution in [1.29, 1.82) is 0 Å². The zero-order chi connectivity index (χ0) is 11.6. The summed E-state index contributed by atoms with van der Waals surface area (Å²) in [6, 6.07) is 2.40. The lowest BCUT2D eigenvalue weighted by atomic mass is 10.3. The highest BCUT2D eigenvalue weighted by Gasteiger charge is 2.15. The van der Waals surface area contributed by atoms with Gasteiger partial charge in [-0.2, -0.15) is 0 Å². The molecule has 0 atom stereocenters. The Morgan fingerprint density at radius 2 is 1.80 bits per heavy atom. The first-order valence-electron chi connectivity index (χ1n) is 4.01. The number of nitrogens with two attached hydrogens (primary N) is 1. The first-order chi connectivity index (χ1) is 6.86. The number of sulfonamides is 1. The largest absolute Gasteiger partial charge is 0.491 e. The first-order valence-corrected chi connectivity index (χ1v) is 6.31. The number of hydrogen-bond donors (Lipinski definition) is 1. The Morgan fingerprint density at radius 3 is 2.13 bits per heavy atom. The fourth-order valence-electron chi connectivity index (χ4n) is 0.983. The van der Waals surface area contributed by atoms with Gasteiger partial charge in [-0.1, -0.05) is 23.2 Å². The van der Waals surface area contributed by atoms with Crippen molar-refractivity contribution in [3.8, 4) is 5.75 Å². The minimum absolute atomic E-state index is 0.119. The molecule has 0 radical (unpaired) electrons. The summed E-state index contributed by atoms with van der Waals surface area (Å²) in [4.78, 5) is -0.138. The molecule has 15 heavy (non-hydrogen) atoms.